The molecule has 1 aliphatic heterocycles. The number of fused-ring (bicyclic) bond motifs is 1. The molecule has 0 aromatic heterocycles. The Labute approximate surface area is 168 Å². The molecule has 5 nitrogen and oxygen atoms in total. The van der Waals surface area contributed by atoms with Gasteiger partial charge in [0, 0.05) is 24.7 Å². The molecule has 1 amide bonds. The molecule has 0 spiro atoms. The molecular weight excluding hydrogens is 372 g/mol. The minimum atomic E-state index is -3.42. The van der Waals surface area contributed by atoms with Gasteiger partial charge in [-0.25, -0.2) is 8.42 Å². The second kappa shape index (κ2) is 7.95. The molecule has 6 heteroatoms. The maximum Gasteiger partial charge on any atom is 0.232 e. The van der Waals surface area contributed by atoms with Crippen LogP contribution in [0.3, 0.4) is 0 Å². The first-order chi connectivity index (χ1) is 13.2. The molecule has 0 N–H and O–H groups in total. The third-order valence-corrected chi connectivity index (χ3v) is 6.32. The quantitative estimate of drug-likeness (QED) is 0.740. The minimum Gasteiger partial charge on any atom is -0.309 e. The van der Waals surface area contributed by atoms with Crippen molar-refractivity contribution >= 4 is 27.3 Å². The maximum absolute atomic E-state index is 12.9. The SMILES string of the molecule is Cc1cc(C)cc(N(CCCC(=O)N2c3ccccc3C[C@H]2C)S(C)(=O)=O)c1. The summed E-state index contributed by atoms with van der Waals surface area (Å²) in [4.78, 5) is 14.7. The van der Waals surface area contributed by atoms with Gasteiger partial charge in [0.05, 0.1) is 11.9 Å². The van der Waals surface area contributed by atoms with Crippen LogP contribution in [-0.2, 0) is 21.2 Å². The van der Waals surface area contributed by atoms with Gasteiger partial charge in [-0.3, -0.25) is 9.10 Å². The summed E-state index contributed by atoms with van der Waals surface area (Å²) in [6.07, 6.45) is 2.87. The summed E-state index contributed by atoms with van der Waals surface area (Å²) < 4.78 is 26.1. The van der Waals surface area contributed by atoms with Gasteiger partial charge in [-0.1, -0.05) is 24.3 Å². The summed E-state index contributed by atoms with van der Waals surface area (Å²) in [7, 11) is -3.42. The molecule has 2 aromatic rings. The van der Waals surface area contributed by atoms with Crippen molar-refractivity contribution in [3.63, 3.8) is 0 Å². The van der Waals surface area contributed by atoms with E-state index in [2.05, 4.69) is 13.0 Å². The summed E-state index contributed by atoms with van der Waals surface area (Å²) in [5, 5.41) is 0. The van der Waals surface area contributed by atoms with Crippen LogP contribution >= 0.6 is 0 Å². The molecule has 1 heterocycles. The van der Waals surface area contributed by atoms with Gasteiger partial charge in [-0.05, 0) is 68.5 Å². The van der Waals surface area contributed by atoms with Crippen molar-refractivity contribution in [2.24, 2.45) is 0 Å². The number of para-hydroxylation sites is 1. The highest BCUT2D eigenvalue weighted by Crippen LogP contribution is 2.32. The highest BCUT2D eigenvalue weighted by molar-refractivity contribution is 7.92. The van der Waals surface area contributed by atoms with Crippen LogP contribution in [0, 0.1) is 13.8 Å². The zero-order valence-corrected chi connectivity index (χ0v) is 17.8. The lowest BCUT2D eigenvalue weighted by atomic mass is 10.1. The third kappa shape index (κ3) is 4.38. The van der Waals surface area contributed by atoms with E-state index in [4.69, 9.17) is 0 Å². The molecule has 0 saturated carbocycles. The summed E-state index contributed by atoms with van der Waals surface area (Å²) >= 11 is 0. The number of nitrogens with zero attached hydrogens (tertiary/aromatic N) is 2. The van der Waals surface area contributed by atoms with Crippen molar-refractivity contribution in [3.8, 4) is 0 Å². The highest BCUT2D eigenvalue weighted by Gasteiger charge is 2.30. The number of hydrogen-bond donors (Lipinski definition) is 0. The Morgan fingerprint density at radius 2 is 1.79 bits per heavy atom. The van der Waals surface area contributed by atoms with Crippen LogP contribution in [0.2, 0.25) is 0 Å². The van der Waals surface area contributed by atoms with Gasteiger partial charge >= 0.3 is 0 Å². The lowest BCUT2D eigenvalue weighted by molar-refractivity contribution is -0.118. The number of carbonyl (C=O) groups is 1. The predicted molar refractivity (Wildman–Crippen MR) is 114 cm³/mol. The van der Waals surface area contributed by atoms with Crippen molar-refractivity contribution in [1.82, 2.24) is 0 Å². The number of anilines is 2. The lowest BCUT2D eigenvalue weighted by Crippen LogP contribution is -2.37. The first kappa shape index (κ1) is 20.4. The third-order valence-electron chi connectivity index (χ3n) is 5.12. The summed E-state index contributed by atoms with van der Waals surface area (Å²) in [6.45, 7) is 6.24. The van der Waals surface area contributed by atoms with Gasteiger partial charge in [0.25, 0.3) is 0 Å². The van der Waals surface area contributed by atoms with Crippen molar-refractivity contribution in [2.45, 2.75) is 46.1 Å². The van der Waals surface area contributed by atoms with E-state index in [1.54, 1.807) is 0 Å². The average molecular weight is 401 g/mol. The van der Waals surface area contributed by atoms with E-state index in [9.17, 15) is 13.2 Å². The van der Waals surface area contributed by atoms with Crippen LogP contribution in [0.1, 0.15) is 36.5 Å². The van der Waals surface area contributed by atoms with E-state index in [1.807, 2.05) is 55.1 Å². The van der Waals surface area contributed by atoms with Gasteiger partial charge in [0.1, 0.15) is 0 Å². The molecule has 28 heavy (non-hydrogen) atoms. The van der Waals surface area contributed by atoms with Crippen molar-refractivity contribution in [1.29, 1.82) is 0 Å². The van der Waals surface area contributed by atoms with Crippen LogP contribution < -0.4 is 9.21 Å². The fourth-order valence-corrected chi connectivity index (χ4v) is 4.97. The molecule has 0 aliphatic carbocycles. The highest BCUT2D eigenvalue weighted by atomic mass is 32.2. The maximum atomic E-state index is 12.9. The van der Waals surface area contributed by atoms with Crippen molar-refractivity contribution in [2.75, 3.05) is 22.0 Å². The Kier molecular flexibility index (Phi) is 5.79. The van der Waals surface area contributed by atoms with E-state index in [0.29, 0.717) is 18.5 Å². The number of hydrogen-bond acceptors (Lipinski definition) is 3. The Morgan fingerprint density at radius 1 is 1.14 bits per heavy atom. The fourth-order valence-electron chi connectivity index (χ4n) is 4.02. The predicted octanol–water partition coefficient (Wildman–Crippen LogP) is 3.83. The number of amides is 1. The second-order valence-corrected chi connectivity index (χ2v) is 9.64. The number of carbonyl (C=O) groups excluding carboxylic acids is 1. The van der Waals surface area contributed by atoms with Crippen LogP contribution in [-0.4, -0.2) is 33.2 Å². The Morgan fingerprint density at radius 3 is 2.43 bits per heavy atom. The Bertz CT molecular complexity index is 965. The van der Waals surface area contributed by atoms with E-state index in [1.165, 1.54) is 16.1 Å². The summed E-state index contributed by atoms with van der Waals surface area (Å²) in [6, 6.07) is 13.9. The van der Waals surface area contributed by atoms with Crippen molar-refractivity contribution < 1.29 is 13.2 Å². The van der Waals surface area contributed by atoms with E-state index < -0.39 is 10.0 Å². The Hall–Kier alpha value is -2.34. The first-order valence-electron chi connectivity index (χ1n) is 9.63. The fraction of sp³-hybridized carbons (Fsp3) is 0.409. The molecule has 1 atom stereocenters. The molecule has 0 saturated heterocycles. The minimum absolute atomic E-state index is 0.0475. The molecular formula is C22H28N2O3S. The lowest BCUT2D eigenvalue weighted by Gasteiger charge is -2.25. The normalized spacial score (nSPS) is 16.1. The molecule has 0 unspecified atom stereocenters. The van der Waals surface area contributed by atoms with Crippen LogP contribution in [0.15, 0.2) is 42.5 Å². The number of aryl methyl sites for hydroxylation is 2. The molecule has 150 valence electrons. The zero-order valence-electron chi connectivity index (χ0n) is 17.0. The molecule has 1 aliphatic rings. The summed E-state index contributed by atoms with van der Waals surface area (Å²) in [5.41, 5.74) is 4.86. The second-order valence-electron chi connectivity index (χ2n) is 7.73. The van der Waals surface area contributed by atoms with Gasteiger partial charge < -0.3 is 4.90 Å². The van der Waals surface area contributed by atoms with Gasteiger partial charge in [-0.2, -0.15) is 0 Å². The monoisotopic (exact) mass is 400 g/mol. The number of sulfonamides is 1. The van der Waals surface area contributed by atoms with Crippen LogP contribution in [0.5, 0.6) is 0 Å². The first-order valence-corrected chi connectivity index (χ1v) is 11.5. The summed E-state index contributed by atoms with van der Waals surface area (Å²) in [5.74, 6) is 0.0475. The molecule has 2 aromatic carbocycles. The smallest absolute Gasteiger partial charge is 0.232 e. The topological polar surface area (TPSA) is 57.7 Å². The largest absolute Gasteiger partial charge is 0.309 e. The zero-order chi connectivity index (χ0) is 20.5. The van der Waals surface area contributed by atoms with E-state index in [-0.39, 0.29) is 18.5 Å². The molecule has 3 rings (SSSR count). The average Bonchev–Trinajstić information content (AvgIpc) is 2.92. The van der Waals surface area contributed by atoms with Crippen molar-refractivity contribution in [3.05, 3.63) is 59.2 Å². The van der Waals surface area contributed by atoms with Gasteiger partial charge in [0.2, 0.25) is 15.9 Å². The molecule has 0 radical (unpaired) electrons. The molecule has 0 bridgehead atoms. The van der Waals surface area contributed by atoms with Crippen LogP contribution in [0.25, 0.3) is 0 Å². The molecule has 0 fully saturated rings. The standard InChI is InChI=1S/C22H28N2O3S/c1-16-12-17(2)14-20(13-16)23(28(4,26)27)11-7-10-22(25)24-18(3)15-19-8-5-6-9-21(19)24/h5-6,8-9,12-14,18H,7,10-11,15H2,1-4H3/t18-/m1/s1. The Balaban J connectivity index is 1.70. The van der Waals surface area contributed by atoms with Crippen LogP contribution in [0.4, 0.5) is 11.4 Å². The number of rotatable bonds is 6. The number of benzene rings is 2. The van der Waals surface area contributed by atoms with E-state index in [0.717, 1.165) is 23.2 Å². The van der Waals surface area contributed by atoms with Gasteiger partial charge in [0.15, 0.2) is 0 Å². The van der Waals surface area contributed by atoms with E-state index >= 15 is 0 Å². The van der Waals surface area contributed by atoms with Gasteiger partial charge in [-0.15, -0.1) is 0 Å².